The number of halogens is 2. The van der Waals surface area contributed by atoms with E-state index in [9.17, 15) is 0 Å². The van der Waals surface area contributed by atoms with Gasteiger partial charge in [-0.05, 0) is 33.4 Å². The minimum atomic E-state index is 0.300. The Morgan fingerprint density at radius 2 is 2.31 bits per heavy atom. The van der Waals surface area contributed by atoms with E-state index in [1.165, 1.54) is 0 Å². The van der Waals surface area contributed by atoms with Gasteiger partial charge in [-0.25, -0.2) is 9.97 Å². The fraction of sp³-hybridized carbons (Fsp3) is 0.500. The number of hydrogen-bond acceptors (Lipinski definition) is 3. The lowest BCUT2D eigenvalue weighted by atomic mass is 10.3. The summed E-state index contributed by atoms with van der Waals surface area (Å²) < 4.78 is 0.905. The van der Waals surface area contributed by atoms with Crippen molar-refractivity contribution in [2.45, 2.75) is 18.9 Å². The summed E-state index contributed by atoms with van der Waals surface area (Å²) >= 11 is 10.7. The van der Waals surface area contributed by atoms with Crippen molar-refractivity contribution in [3.8, 4) is 0 Å². The standard InChI is InChI=1S/C8H10BrClN2S/c1-5(2)4-13-7-6(9)3-11-8(10)12-7/h3,5H,4H2,1-2H3. The molecule has 0 aliphatic heterocycles. The summed E-state index contributed by atoms with van der Waals surface area (Å²) in [6, 6.07) is 0. The van der Waals surface area contributed by atoms with E-state index >= 15 is 0 Å². The normalized spacial score (nSPS) is 10.8. The summed E-state index contributed by atoms with van der Waals surface area (Å²) in [6.07, 6.45) is 1.68. The van der Waals surface area contributed by atoms with Gasteiger partial charge in [0.2, 0.25) is 5.28 Å². The summed E-state index contributed by atoms with van der Waals surface area (Å²) in [5.74, 6) is 1.68. The number of rotatable bonds is 3. The molecule has 0 saturated heterocycles. The molecule has 1 aromatic heterocycles. The van der Waals surface area contributed by atoms with Crippen molar-refractivity contribution in [2.75, 3.05) is 5.75 Å². The molecule has 0 atom stereocenters. The highest BCUT2D eigenvalue weighted by atomic mass is 79.9. The molecule has 0 spiro atoms. The lowest BCUT2D eigenvalue weighted by molar-refractivity contribution is 0.749. The summed E-state index contributed by atoms with van der Waals surface area (Å²) in [6.45, 7) is 4.34. The van der Waals surface area contributed by atoms with Crippen LogP contribution in [0.15, 0.2) is 15.7 Å². The average molecular weight is 282 g/mol. The second kappa shape index (κ2) is 5.17. The SMILES string of the molecule is CC(C)CSc1nc(Cl)ncc1Br. The second-order valence-electron chi connectivity index (χ2n) is 3.00. The van der Waals surface area contributed by atoms with E-state index in [1.54, 1.807) is 18.0 Å². The van der Waals surface area contributed by atoms with Crippen LogP contribution in [0.3, 0.4) is 0 Å². The zero-order valence-corrected chi connectivity index (χ0v) is 10.6. The van der Waals surface area contributed by atoms with Crippen molar-refractivity contribution >= 4 is 39.3 Å². The van der Waals surface area contributed by atoms with Gasteiger partial charge in [-0.15, -0.1) is 11.8 Å². The third kappa shape index (κ3) is 3.83. The van der Waals surface area contributed by atoms with Crippen molar-refractivity contribution in [1.82, 2.24) is 9.97 Å². The Balaban J connectivity index is 2.70. The zero-order chi connectivity index (χ0) is 9.84. The third-order valence-electron chi connectivity index (χ3n) is 1.24. The van der Waals surface area contributed by atoms with Crippen molar-refractivity contribution in [1.29, 1.82) is 0 Å². The monoisotopic (exact) mass is 280 g/mol. The maximum absolute atomic E-state index is 5.68. The molecule has 1 rings (SSSR count). The molecule has 0 saturated carbocycles. The largest absolute Gasteiger partial charge is 0.225 e. The molecule has 0 fully saturated rings. The summed E-state index contributed by atoms with van der Waals surface area (Å²) in [5, 5.41) is 1.21. The molecule has 0 radical (unpaired) electrons. The van der Waals surface area contributed by atoms with Crippen LogP contribution in [0.4, 0.5) is 0 Å². The van der Waals surface area contributed by atoms with Crippen LogP contribution in [0.2, 0.25) is 5.28 Å². The van der Waals surface area contributed by atoms with Crippen LogP contribution >= 0.6 is 39.3 Å². The molecule has 13 heavy (non-hydrogen) atoms. The molecule has 0 bridgehead atoms. The first-order chi connectivity index (χ1) is 6.09. The summed E-state index contributed by atoms with van der Waals surface area (Å²) in [5.41, 5.74) is 0. The molecular weight excluding hydrogens is 272 g/mol. The first-order valence-electron chi connectivity index (χ1n) is 3.90. The van der Waals surface area contributed by atoms with E-state index in [2.05, 4.69) is 39.7 Å². The second-order valence-corrected chi connectivity index (χ2v) is 5.20. The Bertz CT molecular complexity index is 293. The highest BCUT2D eigenvalue weighted by Gasteiger charge is 2.05. The molecule has 0 unspecified atom stereocenters. The van der Waals surface area contributed by atoms with Crippen LogP contribution in [-0.2, 0) is 0 Å². The van der Waals surface area contributed by atoms with Gasteiger partial charge in [0.1, 0.15) is 5.03 Å². The molecular formula is C8H10BrClN2S. The molecule has 0 amide bonds. The first kappa shape index (κ1) is 11.3. The molecule has 1 aromatic rings. The fourth-order valence-electron chi connectivity index (χ4n) is 0.678. The van der Waals surface area contributed by atoms with Gasteiger partial charge in [-0.3, -0.25) is 0 Å². The van der Waals surface area contributed by atoms with E-state index in [-0.39, 0.29) is 0 Å². The van der Waals surface area contributed by atoms with Crippen LogP contribution in [0.1, 0.15) is 13.8 Å². The molecule has 5 heteroatoms. The van der Waals surface area contributed by atoms with Crippen molar-refractivity contribution in [2.24, 2.45) is 5.92 Å². The fourth-order valence-corrected chi connectivity index (χ4v) is 2.23. The Morgan fingerprint density at radius 1 is 1.62 bits per heavy atom. The van der Waals surface area contributed by atoms with Crippen LogP contribution < -0.4 is 0 Å². The highest BCUT2D eigenvalue weighted by molar-refractivity contribution is 9.10. The maximum Gasteiger partial charge on any atom is 0.223 e. The predicted molar refractivity (Wildman–Crippen MR) is 60.3 cm³/mol. The van der Waals surface area contributed by atoms with Gasteiger partial charge in [0.15, 0.2) is 0 Å². The Kier molecular flexibility index (Phi) is 4.49. The van der Waals surface area contributed by atoms with Crippen molar-refractivity contribution < 1.29 is 0 Å². The van der Waals surface area contributed by atoms with Crippen LogP contribution in [-0.4, -0.2) is 15.7 Å². The van der Waals surface area contributed by atoms with Gasteiger partial charge < -0.3 is 0 Å². The van der Waals surface area contributed by atoms with E-state index in [0.717, 1.165) is 15.3 Å². The molecule has 2 nitrogen and oxygen atoms in total. The number of nitrogens with zero attached hydrogens (tertiary/aromatic N) is 2. The third-order valence-corrected chi connectivity index (χ3v) is 3.68. The predicted octanol–water partition coefficient (Wildman–Crippen LogP) is 3.64. The van der Waals surface area contributed by atoms with Gasteiger partial charge in [-0.2, -0.15) is 0 Å². The molecule has 0 N–H and O–H groups in total. The first-order valence-corrected chi connectivity index (χ1v) is 6.06. The number of aromatic nitrogens is 2. The minimum absolute atomic E-state index is 0.300. The Hall–Kier alpha value is 0.200. The highest BCUT2D eigenvalue weighted by Crippen LogP contribution is 2.26. The van der Waals surface area contributed by atoms with Gasteiger partial charge >= 0.3 is 0 Å². The van der Waals surface area contributed by atoms with Gasteiger partial charge in [0.25, 0.3) is 0 Å². The lowest BCUT2D eigenvalue weighted by Crippen LogP contribution is -1.93. The molecule has 0 aliphatic rings. The lowest BCUT2D eigenvalue weighted by Gasteiger charge is -2.05. The minimum Gasteiger partial charge on any atom is -0.225 e. The van der Waals surface area contributed by atoms with Crippen LogP contribution in [0.5, 0.6) is 0 Å². The number of hydrogen-bond donors (Lipinski definition) is 0. The molecule has 1 heterocycles. The molecule has 72 valence electrons. The summed E-state index contributed by atoms with van der Waals surface area (Å²) in [7, 11) is 0. The summed E-state index contributed by atoms with van der Waals surface area (Å²) in [4.78, 5) is 7.98. The van der Waals surface area contributed by atoms with E-state index in [4.69, 9.17) is 11.6 Å². The van der Waals surface area contributed by atoms with Gasteiger partial charge in [0, 0.05) is 11.9 Å². The smallest absolute Gasteiger partial charge is 0.223 e. The van der Waals surface area contributed by atoms with Crippen molar-refractivity contribution in [3.05, 3.63) is 16.0 Å². The van der Waals surface area contributed by atoms with E-state index < -0.39 is 0 Å². The number of thioether (sulfide) groups is 1. The van der Waals surface area contributed by atoms with Crippen LogP contribution in [0.25, 0.3) is 0 Å². The zero-order valence-electron chi connectivity index (χ0n) is 7.42. The van der Waals surface area contributed by atoms with Gasteiger partial charge in [-0.1, -0.05) is 13.8 Å². The van der Waals surface area contributed by atoms with Crippen LogP contribution in [0, 0.1) is 5.92 Å². The average Bonchev–Trinajstić information content (AvgIpc) is 2.06. The molecule has 0 aromatic carbocycles. The van der Waals surface area contributed by atoms with Gasteiger partial charge in [0.05, 0.1) is 4.47 Å². The Labute approximate surface area is 95.6 Å². The molecule has 0 aliphatic carbocycles. The van der Waals surface area contributed by atoms with Crippen molar-refractivity contribution in [3.63, 3.8) is 0 Å². The topological polar surface area (TPSA) is 25.8 Å². The maximum atomic E-state index is 5.68. The quantitative estimate of drug-likeness (QED) is 0.480. The van der Waals surface area contributed by atoms with E-state index in [0.29, 0.717) is 11.2 Å². The van der Waals surface area contributed by atoms with E-state index in [1.807, 2.05) is 0 Å². The Morgan fingerprint density at radius 3 is 2.92 bits per heavy atom.